The van der Waals surface area contributed by atoms with E-state index < -0.39 is 0 Å². The summed E-state index contributed by atoms with van der Waals surface area (Å²) in [5, 5.41) is 1.39. The molecule has 19 heavy (non-hydrogen) atoms. The van der Waals surface area contributed by atoms with Gasteiger partial charge in [-0.2, -0.15) is 0 Å². The zero-order valence-corrected chi connectivity index (χ0v) is 10.7. The largest absolute Gasteiger partial charge is 0.489 e. The van der Waals surface area contributed by atoms with Crippen molar-refractivity contribution in [1.29, 1.82) is 0 Å². The van der Waals surface area contributed by atoms with E-state index in [2.05, 4.69) is 0 Å². The first-order chi connectivity index (χ1) is 9.22. The third-order valence-corrected chi connectivity index (χ3v) is 3.08. The van der Waals surface area contributed by atoms with Crippen molar-refractivity contribution in [1.82, 2.24) is 0 Å². The molecule has 0 fully saturated rings. The monoisotopic (exact) mass is 276 g/mol. The van der Waals surface area contributed by atoms with Gasteiger partial charge < -0.3 is 9.15 Å². The van der Waals surface area contributed by atoms with Crippen molar-refractivity contribution in [2.75, 3.05) is 0 Å². The Hall–Kier alpha value is -2.00. The molecule has 0 bridgehead atoms. The van der Waals surface area contributed by atoms with Crippen LogP contribution in [0.4, 0.5) is 4.39 Å². The summed E-state index contributed by atoms with van der Waals surface area (Å²) in [6, 6.07) is 11.5. The second-order valence-electron chi connectivity index (χ2n) is 4.14. The number of ether oxygens (including phenoxy) is 1. The van der Waals surface area contributed by atoms with Crippen LogP contribution in [0.15, 0.2) is 53.1 Å². The lowest BCUT2D eigenvalue weighted by Crippen LogP contribution is -1.94. The topological polar surface area (TPSA) is 22.4 Å². The van der Waals surface area contributed by atoms with Crippen molar-refractivity contribution < 1.29 is 13.5 Å². The number of halogens is 2. The molecular formula is C15H10ClFO2. The van der Waals surface area contributed by atoms with Crippen molar-refractivity contribution in [3.8, 4) is 5.75 Å². The molecule has 0 N–H and O–H groups in total. The van der Waals surface area contributed by atoms with Crippen LogP contribution in [0.2, 0.25) is 5.02 Å². The maximum atomic E-state index is 13.2. The maximum Gasteiger partial charge on any atom is 0.134 e. The van der Waals surface area contributed by atoms with Gasteiger partial charge in [-0.25, -0.2) is 4.39 Å². The lowest BCUT2D eigenvalue weighted by Gasteiger charge is -2.04. The van der Waals surface area contributed by atoms with E-state index in [0.29, 0.717) is 23.0 Å². The normalized spacial score (nSPS) is 10.8. The van der Waals surface area contributed by atoms with Gasteiger partial charge in [-0.05, 0) is 42.5 Å². The van der Waals surface area contributed by atoms with Crippen molar-refractivity contribution in [2.24, 2.45) is 0 Å². The highest BCUT2D eigenvalue weighted by Crippen LogP contribution is 2.24. The third kappa shape index (κ3) is 2.56. The Morgan fingerprint density at radius 1 is 1.11 bits per heavy atom. The summed E-state index contributed by atoms with van der Waals surface area (Å²) in [7, 11) is 0. The zero-order chi connectivity index (χ0) is 13.2. The molecule has 0 saturated heterocycles. The summed E-state index contributed by atoms with van der Waals surface area (Å²) in [6.07, 6.45) is 1.58. The van der Waals surface area contributed by atoms with E-state index in [0.717, 1.165) is 10.9 Å². The lowest BCUT2D eigenvalue weighted by molar-refractivity contribution is 0.306. The highest BCUT2D eigenvalue weighted by molar-refractivity contribution is 6.30. The van der Waals surface area contributed by atoms with Crippen LogP contribution in [0, 0.1) is 5.82 Å². The van der Waals surface area contributed by atoms with Crippen LogP contribution in [0.5, 0.6) is 5.75 Å². The molecule has 2 aromatic carbocycles. The summed E-state index contributed by atoms with van der Waals surface area (Å²) in [5.74, 6) is 0.414. The molecular weight excluding hydrogens is 267 g/mol. The second kappa shape index (κ2) is 4.94. The summed E-state index contributed by atoms with van der Waals surface area (Å²) in [6.45, 7) is 0.318. The molecule has 2 nitrogen and oxygen atoms in total. The van der Waals surface area contributed by atoms with Crippen LogP contribution in [0.3, 0.4) is 0 Å². The minimum atomic E-state index is -0.290. The van der Waals surface area contributed by atoms with Crippen LogP contribution in [-0.4, -0.2) is 0 Å². The van der Waals surface area contributed by atoms with E-state index >= 15 is 0 Å². The van der Waals surface area contributed by atoms with Gasteiger partial charge >= 0.3 is 0 Å². The molecule has 1 heterocycles. The number of fused-ring (bicyclic) bond motifs is 1. The van der Waals surface area contributed by atoms with Crippen LogP contribution in [-0.2, 0) is 6.61 Å². The summed E-state index contributed by atoms with van der Waals surface area (Å²) >= 11 is 5.79. The van der Waals surface area contributed by atoms with Gasteiger partial charge in [-0.15, -0.1) is 0 Å². The van der Waals surface area contributed by atoms with Gasteiger partial charge in [0.1, 0.15) is 23.8 Å². The Morgan fingerprint density at radius 2 is 1.89 bits per heavy atom. The fourth-order valence-corrected chi connectivity index (χ4v) is 1.98. The molecule has 0 amide bonds. The number of rotatable bonds is 3. The zero-order valence-electron chi connectivity index (χ0n) is 9.90. The quantitative estimate of drug-likeness (QED) is 0.685. The molecule has 1 aromatic heterocycles. The first kappa shape index (κ1) is 12.1. The minimum Gasteiger partial charge on any atom is -0.489 e. The summed E-state index contributed by atoms with van der Waals surface area (Å²) < 4.78 is 24.2. The van der Waals surface area contributed by atoms with Crippen molar-refractivity contribution in [2.45, 2.75) is 6.61 Å². The van der Waals surface area contributed by atoms with Crippen molar-refractivity contribution >= 4 is 22.6 Å². The molecule has 3 aromatic rings. The fraction of sp³-hybridized carbons (Fsp3) is 0.0667. The van der Waals surface area contributed by atoms with E-state index in [1.807, 2.05) is 0 Å². The fourth-order valence-electron chi connectivity index (χ4n) is 1.86. The first-order valence-electron chi connectivity index (χ1n) is 5.76. The Morgan fingerprint density at radius 3 is 2.68 bits per heavy atom. The van der Waals surface area contributed by atoms with E-state index in [1.54, 1.807) is 36.6 Å². The van der Waals surface area contributed by atoms with Gasteiger partial charge in [0.25, 0.3) is 0 Å². The van der Waals surface area contributed by atoms with Crippen molar-refractivity contribution in [3.63, 3.8) is 0 Å². The number of hydrogen-bond acceptors (Lipinski definition) is 2. The molecule has 0 unspecified atom stereocenters. The average Bonchev–Trinajstić information content (AvgIpc) is 2.80. The Bertz CT molecular complexity index is 704. The maximum absolute atomic E-state index is 13.2. The van der Waals surface area contributed by atoms with Crippen molar-refractivity contribution in [3.05, 3.63) is 65.1 Å². The molecule has 3 rings (SSSR count). The number of benzene rings is 2. The Balaban J connectivity index is 1.81. The lowest BCUT2D eigenvalue weighted by atomic mass is 10.2. The molecule has 0 atom stereocenters. The van der Waals surface area contributed by atoms with E-state index in [-0.39, 0.29) is 5.82 Å². The minimum absolute atomic E-state index is 0.290. The SMILES string of the molecule is Fc1ccc2occ(COc3ccc(Cl)cc3)c2c1. The predicted molar refractivity (Wildman–Crippen MR) is 72.0 cm³/mol. The van der Waals surface area contributed by atoms with Gasteiger partial charge in [0.2, 0.25) is 0 Å². The molecule has 0 aliphatic heterocycles. The predicted octanol–water partition coefficient (Wildman–Crippen LogP) is 4.80. The molecule has 0 aliphatic carbocycles. The Kier molecular flexibility index (Phi) is 3.13. The standard InChI is InChI=1S/C15H10ClFO2/c16-11-1-4-13(5-2-11)18-8-10-9-19-15-6-3-12(17)7-14(10)15/h1-7,9H,8H2. The van der Waals surface area contributed by atoms with E-state index in [9.17, 15) is 4.39 Å². The molecule has 0 aliphatic rings. The highest BCUT2D eigenvalue weighted by Gasteiger charge is 2.07. The third-order valence-electron chi connectivity index (χ3n) is 2.82. The van der Waals surface area contributed by atoms with Crippen LogP contribution in [0.1, 0.15) is 5.56 Å². The van der Waals surface area contributed by atoms with Gasteiger partial charge in [-0.1, -0.05) is 11.6 Å². The van der Waals surface area contributed by atoms with Crippen LogP contribution in [0.25, 0.3) is 11.0 Å². The number of furan rings is 1. The van der Waals surface area contributed by atoms with Crippen LogP contribution < -0.4 is 4.74 Å². The van der Waals surface area contributed by atoms with Gasteiger partial charge in [0, 0.05) is 16.0 Å². The molecule has 4 heteroatoms. The van der Waals surface area contributed by atoms with Gasteiger partial charge in [0.05, 0.1) is 6.26 Å². The molecule has 96 valence electrons. The summed E-state index contributed by atoms with van der Waals surface area (Å²) in [4.78, 5) is 0. The summed E-state index contributed by atoms with van der Waals surface area (Å²) in [5.41, 5.74) is 1.46. The molecule has 0 spiro atoms. The smallest absolute Gasteiger partial charge is 0.134 e. The van der Waals surface area contributed by atoms with Crippen LogP contribution >= 0.6 is 11.6 Å². The van der Waals surface area contributed by atoms with Gasteiger partial charge in [0.15, 0.2) is 0 Å². The second-order valence-corrected chi connectivity index (χ2v) is 4.58. The van der Waals surface area contributed by atoms with E-state index in [4.69, 9.17) is 20.8 Å². The molecule has 0 saturated carbocycles. The first-order valence-corrected chi connectivity index (χ1v) is 6.14. The average molecular weight is 277 g/mol. The van der Waals surface area contributed by atoms with E-state index in [1.165, 1.54) is 12.1 Å². The highest BCUT2D eigenvalue weighted by atomic mass is 35.5. The van der Waals surface area contributed by atoms with Gasteiger partial charge in [-0.3, -0.25) is 0 Å². The Labute approximate surface area is 114 Å². The number of hydrogen-bond donors (Lipinski definition) is 0. The molecule has 0 radical (unpaired) electrons.